The first-order valence-corrected chi connectivity index (χ1v) is 8.34. The summed E-state index contributed by atoms with van der Waals surface area (Å²) in [5.41, 5.74) is 7.08. The summed E-state index contributed by atoms with van der Waals surface area (Å²) in [4.78, 5) is 13.9. The molecule has 4 nitrogen and oxygen atoms in total. The predicted octanol–water partition coefficient (Wildman–Crippen LogP) is 2.73. The Bertz CT molecular complexity index is 487. The number of rotatable bonds is 6. The molecule has 1 saturated heterocycles. The van der Waals surface area contributed by atoms with Gasteiger partial charge >= 0.3 is 0 Å². The number of carbonyl (C=O) groups is 1. The molecule has 1 atom stereocenters. The zero-order chi connectivity index (χ0) is 15.2. The van der Waals surface area contributed by atoms with Gasteiger partial charge < -0.3 is 15.4 Å². The summed E-state index contributed by atoms with van der Waals surface area (Å²) in [5, 5.41) is 0. The maximum atomic E-state index is 12.1. The fraction of sp³-hybridized carbons (Fsp3) is 0.562. The van der Waals surface area contributed by atoms with Gasteiger partial charge in [0.2, 0.25) is 0 Å². The third-order valence-electron chi connectivity index (χ3n) is 3.85. The molecular formula is C16H23BrN2O2. The van der Waals surface area contributed by atoms with Crippen molar-refractivity contribution in [2.75, 3.05) is 19.7 Å². The maximum absolute atomic E-state index is 12.1. The minimum absolute atomic E-state index is 0.0639. The van der Waals surface area contributed by atoms with E-state index in [0.717, 1.165) is 54.6 Å². The molecule has 1 fully saturated rings. The summed E-state index contributed by atoms with van der Waals surface area (Å²) in [6.07, 6.45) is 3.86. The van der Waals surface area contributed by atoms with Crippen LogP contribution in [-0.4, -0.2) is 36.5 Å². The van der Waals surface area contributed by atoms with Crippen LogP contribution in [0.25, 0.3) is 0 Å². The van der Waals surface area contributed by atoms with Crippen LogP contribution in [0.3, 0.4) is 0 Å². The van der Waals surface area contributed by atoms with Crippen molar-refractivity contribution in [2.45, 2.75) is 38.6 Å². The summed E-state index contributed by atoms with van der Waals surface area (Å²) >= 11 is 3.50. The van der Waals surface area contributed by atoms with Crippen LogP contribution in [-0.2, 0) is 11.2 Å². The van der Waals surface area contributed by atoms with Crippen LogP contribution < -0.4 is 10.5 Å². The molecule has 0 spiro atoms. The standard InChI is InChI=1S/C16H23BrN2O2/c1-2-13(18)10-12-6-5-7-14(17)16(12)21-11-15(20)19-8-3-4-9-19/h5-7,13H,2-4,8-11,18H2,1H3. The Morgan fingerprint density at radius 2 is 2.14 bits per heavy atom. The first-order valence-electron chi connectivity index (χ1n) is 7.55. The lowest BCUT2D eigenvalue weighted by Gasteiger charge is -2.18. The number of benzene rings is 1. The Hall–Kier alpha value is -1.07. The van der Waals surface area contributed by atoms with Gasteiger partial charge in [-0.3, -0.25) is 4.79 Å². The lowest BCUT2D eigenvalue weighted by atomic mass is 10.0. The van der Waals surface area contributed by atoms with E-state index in [-0.39, 0.29) is 18.6 Å². The smallest absolute Gasteiger partial charge is 0.260 e. The molecule has 2 rings (SSSR count). The highest BCUT2D eigenvalue weighted by Crippen LogP contribution is 2.30. The van der Waals surface area contributed by atoms with Crippen LogP contribution in [0, 0.1) is 0 Å². The molecule has 0 bridgehead atoms. The molecule has 1 unspecified atom stereocenters. The van der Waals surface area contributed by atoms with Gasteiger partial charge in [-0.2, -0.15) is 0 Å². The first kappa shape index (κ1) is 16.3. The maximum Gasteiger partial charge on any atom is 0.260 e. The zero-order valence-corrected chi connectivity index (χ0v) is 14.1. The quantitative estimate of drug-likeness (QED) is 0.854. The summed E-state index contributed by atoms with van der Waals surface area (Å²) < 4.78 is 6.67. The van der Waals surface area contributed by atoms with E-state index in [0.29, 0.717) is 0 Å². The summed E-state index contributed by atoms with van der Waals surface area (Å²) in [5.74, 6) is 0.808. The number of ether oxygens (including phenoxy) is 1. The van der Waals surface area contributed by atoms with Crippen LogP contribution in [0.5, 0.6) is 5.75 Å². The van der Waals surface area contributed by atoms with Gasteiger partial charge in [-0.25, -0.2) is 0 Å². The molecule has 1 heterocycles. The number of carbonyl (C=O) groups excluding carboxylic acids is 1. The number of hydrogen-bond acceptors (Lipinski definition) is 3. The Morgan fingerprint density at radius 1 is 1.43 bits per heavy atom. The molecular weight excluding hydrogens is 332 g/mol. The molecule has 1 aromatic carbocycles. The molecule has 116 valence electrons. The van der Waals surface area contributed by atoms with Crippen molar-refractivity contribution in [1.82, 2.24) is 4.90 Å². The molecule has 21 heavy (non-hydrogen) atoms. The normalized spacial score (nSPS) is 16.0. The van der Waals surface area contributed by atoms with Crippen molar-refractivity contribution >= 4 is 21.8 Å². The average Bonchev–Trinajstić information content (AvgIpc) is 3.00. The molecule has 1 aliphatic rings. The number of para-hydroxylation sites is 1. The highest BCUT2D eigenvalue weighted by molar-refractivity contribution is 9.10. The molecule has 2 N–H and O–H groups in total. The van der Waals surface area contributed by atoms with Crippen molar-refractivity contribution in [3.63, 3.8) is 0 Å². The first-order chi connectivity index (χ1) is 10.1. The van der Waals surface area contributed by atoms with E-state index in [9.17, 15) is 4.79 Å². The van der Waals surface area contributed by atoms with E-state index in [4.69, 9.17) is 10.5 Å². The van der Waals surface area contributed by atoms with E-state index in [1.807, 2.05) is 23.1 Å². The van der Waals surface area contributed by atoms with Crippen LogP contribution >= 0.6 is 15.9 Å². The highest BCUT2D eigenvalue weighted by atomic mass is 79.9. The topological polar surface area (TPSA) is 55.6 Å². The second-order valence-corrected chi connectivity index (χ2v) is 6.33. The molecule has 1 aromatic rings. The number of nitrogens with two attached hydrogens (primary N) is 1. The van der Waals surface area contributed by atoms with Crippen molar-refractivity contribution in [1.29, 1.82) is 0 Å². The van der Waals surface area contributed by atoms with Crippen molar-refractivity contribution < 1.29 is 9.53 Å². The lowest BCUT2D eigenvalue weighted by molar-refractivity contribution is -0.132. The van der Waals surface area contributed by atoms with Gasteiger partial charge in [0.05, 0.1) is 4.47 Å². The summed E-state index contributed by atoms with van der Waals surface area (Å²) in [6.45, 7) is 3.87. The lowest BCUT2D eigenvalue weighted by Crippen LogP contribution is -2.32. The largest absolute Gasteiger partial charge is 0.482 e. The third kappa shape index (κ3) is 4.45. The fourth-order valence-electron chi connectivity index (χ4n) is 2.49. The summed E-state index contributed by atoms with van der Waals surface area (Å²) in [7, 11) is 0. The van der Waals surface area contributed by atoms with E-state index < -0.39 is 0 Å². The van der Waals surface area contributed by atoms with Gasteiger partial charge in [0, 0.05) is 19.1 Å². The minimum atomic E-state index is 0.0639. The highest BCUT2D eigenvalue weighted by Gasteiger charge is 2.19. The van der Waals surface area contributed by atoms with Crippen molar-refractivity contribution in [3.8, 4) is 5.75 Å². The van der Waals surface area contributed by atoms with Crippen LogP contribution in [0.4, 0.5) is 0 Å². The van der Waals surface area contributed by atoms with Crippen molar-refractivity contribution in [3.05, 3.63) is 28.2 Å². The average molecular weight is 355 g/mol. The van der Waals surface area contributed by atoms with Crippen LogP contribution in [0.15, 0.2) is 22.7 Å². The molecule has 5 heteroatoms. The third-order valence-corrected chi connectivity index (χ3v) is 4.48. The Kier molecular flexibility index (Phi) is 6.06. The number of amides is 1. The Balaban J connectivity index is 2.02. The number of nitrogens with zero attached hydrogens (tertiary/aromatic N) is 1. The Labute approximate surface area is 134 Å². The van der Waals surface area contributed by atoms with Gasteiger partial charge in [-0.1, -0.05) is 19.1 Å². The monoisotopic (exact) mass is 354 g/mol. The van der Waals surface area contributed by atoms with Gasteiger partial charge in [0.1, 0.15) is 5.75 Å². The molecule has 0 radical (unpaired) electrons. The van der Waals surface area contributed by atoms with E-state index in [1.165, 1.54) is 0 Å². The van der Waals surface area contributed by atoms with Crippen molar-refractivity contribution in [2.24, 2.45) is 5.73 Å². The van der Waals surface area contributed by atoms with Gasteiger partial charge in [-0.15, -0.1) is 0 Å². The molecule has 1 aliphatic heterocycles. The number of hydrogen-bond donors (Lipinski definition) is 1. The van der Waals surface area contributed by atoms with E-state index >= 15 is 0 Å². The van der Waals surface area contributed by atoms with E-state index in [2.05, 4.69) is 22.9 Å². The molecule has 0 aromatic heterocycles. The second-order valence-electron chi connectivity index (χ2n) is 5.48. The SMILES string of the molecule is CCC(N)Cc1cccc(Br)c1OCC(=O)N1CCCC1. The van der Waals surface area contributed by atoms with Gasteiger partial charge in [0.15, 0.2) is 6.61 Å². The molecule has 0 saturated carbocycles. The number of likely N-dealkylation sites (tertiary alicyclic amines) is 1. The number of halogens is 1. The minimum Gasteiger partial charge on any atom is -0.482 e. The predicted molar refractivity (Wildman–Crippen MR) is 87.4 cm³/mol. The zero-order valence-electron chi connectivity index (χ0n) is 12.5. The summed E-state index contributed by atoms with van der Waals surface area (Å²) in [6, 6.07) is 6.01. The fourth-order valence-corrected chi connectivity index (χ4v) is 3.02. The van der Waals surface area contributed by atoms with Gasteiger partial charge in [-0.05, 0) is 53.2 Å². The van der Waals surface area contributed by atoms with Gasteiger partial charge in [0.25, 0.3) is 5.91 Å². The second kappa shape index (κ2) is 7.80. The Morgan fingerprint density at radius 3 is 2.81 bits per heavy atom. The van der Waals surface area contributed by atoms with E-state index in [1.54, 1.807) is 0 Å². The molecule has 0 aliphatic carbocycles. The van der Waals surface area contributed by atoms with Crippen LogP contribution in [0.1, 0.15) is 31.7 Å². The molecule has 1 amide bonds. The van der Waals surface area contributed by atoms with Crippen LogP contribution in [0.2, 0.25) is 0 Å².